The molecule has 2 aromatic carbocycles. The lowest BCUT2D eigenvalue weighted by atomic mass is 10.0. The van der Waals surface area contributed by atoms with Crippen molar-refractivity contribution < 1.29 is 14.4 Å². The summed E-state index contributed by atoms with van der Waals surface area (Å²) in [6.07, 6.45) is 16.0. The molecule has 4 aromatic rings. The van der Waals surface area contributed by atoms with Crippen molar-refractivity contribution >= 4 is 40.4 Å². The Kier molecular flexibility index (Phi) is 11.8. The number of aromatic nitrogens is 2. The van der Waals surface area contributed by atoms with Crippen LogP contribution >= 0.6 is 22.7 Å². The van der Waals surface area contributed by atoms with Gasteiger partial charge in [0.15, 0.2) is 0 Å². The molecule has 2 aromatic heterocycles. The first-order valence-electron chi connectivity index (χ1n) is 19.5. The predicted molar refractivity (Wildman–Crippen MR) is 210 cm³/mol. The van der Waals surface area contributed by atoms with Crippen LogP contribution in [0, 0.1) is 5.92 Å². The van der Waals surface area contributed by atoms with Crippen LogP contribution in [0.15, 0.2) is 60.9 Å². The van der Waals surface area contributed by atoms with Gasteiger partial charge in [-0.1, -0.05) is 88.1 Å². The van der Waals surface area contributed by atoms with Gasteiger partial charge in [-0.3, -0.25) is 14.4 Å². The lowest BCUT2D eigenvalue weighted by molar-refractivity contribution is -0.137. The number of hydrogen-bond donors (Lipinski definition) is 1. The summed E-state index contributed by atoms with van der Waals surface area (Å²) < 4.78 is 0. The normalized spacial score (nSPS) is 19.3. The first-order chi connectivity index (χ1) is 25.4. The summed E-state index contributed by atoms with van der Waals surface area (Å²) in [7, 11) is 0. The molecule has 274 valence electrons. The smallest absolute Gasteiger partial charge is 0.245 e. The summed E-state index contributed by atoms with van der Waals surface area (Å²) in [5.74, 6) is 0.434. The minimum atomic E-state index is -0.450. The number of thiazole rings is 2. The number of hydrogen-bond acceptors (Lipinski definition) is 7. The Balaban J connectivity index is 0.983. The van der Waals surface area contributed by atoms with E-state index in [-0.39, 0.29) is 35.7 Å². The third-order valence-electron chi connectivity index (χ3n) is 10.8. The molecular weight excluding hydrogens is 687 g/mol. The van der Waals surface area contributed by atoms with Gasteiger partial charge >= 0.3 is 0 Å². The lowest BCUT2D eigenvalue weighted by Gasteiger charge is -2.28. The number of carbonyl (C=O) groups is 3. The van der Waals surface area contributed by atoms with Gasteiger partial charge in [-0.2, -0.15) is 0 Å². The van der Waals surface area contributed by atoms with E-state index in [0.717, 1.165) is 119 Å². The van der Waals surface area contributed by atoms with Gasteiger partial charge in [-0.05, 0) is 73.6 Å². The van der Waals surface area contributed by atoms with E-state index in [1.165, 1.54) is 0 Å². The number of nitrogens with zero attached hydrogens (tertiary/aromatic N) is 4. The minimum Gasteiger partial charge on any atom is -0.344 e. The fourth-order valence-electron chi connectivity index (χ4n) is 7.58. The van der Waals surface area contributed by atoms with Gasteiger partial charge < -0.3 is 15.1 Å². The average Bonchev–Trinajstić information content (AvgIpc) is 3.62. The topological polar surface area (TPSA) is 95.5 Å². The van der Waals surface area contributed by atoms with Gasteiger partial charge in [0, 0.05) is 37.8 Å². The molecule has 0 spiro atoms. The second-order valence-corrected chi connectivity index (χ2v) is 16.8. The van der Waals surface area contributed by atoms with Gasteiger partial charge in [0.25, 0.3) is 0 Å². The molecule has 3 amide bonds. The number of unbranched alkanes of at least 4 members (excludes halogenated alkanes) is 3. The number of likely N-dealkylation sites (tertiary alicyclic amines) is 2. The third kappa shape index (κ3) is 8.33. The Morgan fingerprint density at radius 1 is 0.712 bits per heavy atom. The summed E-state index contributed by atoms with van der Waals surface area (Å²) in [6, 6.07) is 16.9. The predicted octanol–water partition coefficient (Wildman–Crippen LogP) is 9.59. The Morgan fingerprint density at radius 3 is 1.77 bits per heavy atom. The Morgan fingerprint density at radius 2 is 1.23 bits per heavy atom. The summed E-state index contributed by atoms with van der Waals surface area (Å²) in [6.45, 7) is 5.83. The quantitative estimate of drug-likeness (QED) is 0.123. The van der Waals surface area contributed by atoms with E-state index >= 15 is 0 Å². The van der Waals surface area contributed by atoms with Crippen LogP contribution in [0.3, 0.4) is 0 Å². The molecule has 3 aliphatic rings. The molecule has 3 fully saturated rings. The third-order valence-corrected chi connectivity index (χ3v) is 13.1. The number of benzene rings is 2. The van der Waals surface area contributed by atoms with E-state index in [0.29, 0.717) is 19.4 Å². The SMILES string of the molecule is CCCCCC(=O)N1CCC[C@H]1c1ncc(-c2ccc(-c3ccc(-c4cnc([C@@H]5CCCN5C(=O)[C@@H](CCCC)NC(=O)C5CC5)s4)cc3)cc2)s1. The molecule has 2 aliphatic heterocycles. The second kappa shape index (κ2) is 16.8. The number of amides is 3. The van der Waals surface area contributed by atoms with Gasteiger partial charge in [0.2, 0.25) is 17.7 Å². The number of carbonyl (C=O) groups excluding carboxylic acids is 3. The molecule has 2 saturated heterocycles. The van der Waals surface area contributed by atoms with Crippen LogP contribution in [0.4, 0.5) is 0 Å². The van der Waals surface area contributed by atoms with Crippen molar-refractivity contribution in [2.24, 2.45) is 5.92 Å². The first kappa shape index (κ1) is 36.5. The van der Waals surface area contributed by atoms with Gasteiger partial charge in [0.1, 0.15) is 16.1 Å². The molecule has 52 heavy (non-hydrogen) atoms. The van der Waals surface area contributed by atoms with Crippen LogP contribution < -0.4 is 5.32 Å². The maximum atomic E-state index is 13.8. The summed E-state index contributed by atoms with van der Waals surface area (Å²) >= 11 is 3.37. The van der Waals surface area contributed by atoms with Crippen LogP contribution in [0.25, 0.3) is 32.0 Å². The molecule has 1 N–H and O–H groups in total. The molecule has 0 unspecified atom stereocenters. The van der Waals surface area contributed by atoms with Crippen molar-refractivity contribution in [2.75, 3.05) is 13.1 Å². The standard InChI is InChI=1S/C42H51N5O3S2/c1-3-5-7-13-38(48)46-24-8-11-34(46)40-43-26-36(51-40)30-18-14-28(15-19-30)29-16-20-31(21-17-29)37-27-44-41(52-37)35-12-9-25-47(35)42(50)33(10-6-4-2)45-39(49)32-22-23-32/h14-21,26-27,32-35H,3-13,22-25H2,1-2H3,(H,45,49)/t33-,34+,35+/m1/s1. The monoisotopic (exact) mass is 737 g/mol. The molecule has 1 aliphatic carbocycles. The van der Waals surface area contributed by atoms with E-state index in [2.05, 4.69) is 72.6 Å². The zero-order chi connectivity index (χ0) is 36.0. The van der Waals surface area contributed by atoms with Crippen molar-refractivity contribution in [1.29, 1.82) is 0 Å². The minimum absolute atomic E-state index is 0.0358. The van der Waals surface area contributed by atoms with Gasteiger partial charge in [-0.15, -0.1) is 22.7 Å². The Labute approximate surface area is 316 Å². The molecule has 0 bridgehead atoms. The molecule has 3 atom stereocenters. The Bertz CT molecular complexity index is 1830. The Hall–Kier alpha value is -3.89. The summed E-state index contributed by atoms with van der Waals surface area (Å²) in [5, 5.41) is 5.10. The lowest BCUT2D eigenvalue weighted by Crippen LogP contribution is -2.48. The average molecular weight is 738 g/mol. The summed E-state index contributed by atoms with van der Waals surface area (Å²) in [5.41, 5.74) is 4.55. The largest absolute Gasteiger partial charge is 0.344 e. The van der Waals surface area contributed by atoms with Crippen LogP contribution in [-0.4, -0.2) is 56.6 Å². The van der Waals surface area contributed by atoms with E-state index in [9.17, 15) is 14.4 Å². The van der Waals surface area contributed by atoms with E-state index < -0.39 is 6.04 Å². The zero-order valence-electron chi connectivity index (χ0n) is 30.5. The first-order valence-corrected chi connectivity index (χ1v) is 21.1. The fourth-order valence-corrected chi connectivity index (χ4v) is 9.73. The maximum Gasteiger partial charge on any atom is 0.245 e. The van der Waals surface area contributed by atoms with Crippen LogP contribution in [0.1, 0.15) is 119 Å². The molecule has 4 heterocycles. The number of nitrogens with one attached hydrogen (secondary N) is 1. The highest BCUT2D eigenvalue weighted by Gasteiger charge is 2.38. The van der Waals surface area contributed by atoms with Crippen molar-refractivity contribution in [3.8, 4) is 32.0 Å². The van der Waals surface area contributed by atoms with E-state index in [1.807, 2.05) is 17.3 Å². The van der Waals surface area contributed by atoms with Crippen molar-refractivity contribution in [3.63, 3.8) is 0 Å². The molecule has 0 radical (unpaired) electrons. The number of rotatable bonds is 15. The molecule has 10 heteroatoms. The summed E-state index contributed by atoms with van der Waals surface area (Å²) in [4.78, 5) is 55.1. The van der Waals surface area contributed by atoms with Crippen molar-refractivity contribution in [1.82, 2.24) is 25.1 Å². The van der Waals surface area contributed by atoms with Crippen LogP contribution in [0.5, 0.6) is 0 Å². The highest BCUT2D eigenvalue weighted by Crippen LogP contribution is 2.40. The van der Waals surface area contributed by atoms with Crippen molar-refractivity contribution in [3.05, 3.63) is 70.9 Å². The van der Waals surface area contributed by atoms with Crippen LogP contribution in [0.2, 0.25) is 0 Å². The van der Waals surface area contributed by atoms with Gasteiger partial charge in [0.05, 0.1) is 21.8 Å². The highest BCUT2D eigenvalue weighted by atomic mass is 32.1. The van der Waals surface area contributed by atoms with E-state index in [1.54, 1.807) is 22.7 Å². The maximum absolute atomic E-state index is 13.8. The fraction of sp³-hybridized carbons (Fsp3) is 0.500. The van der Waals surface area contributed by atoms with Crippen molar-refractivity contribution in [2.45, 2.75) is 115 Å². The second-order valence-electron chi connectivity index (χ2n) is 14.6. The molecular formula is C42H51N5O3S2. The molecule has 1 saturated carbocycles. The van der Waals surface area contributed by atoms with Crippen LogP contribution in [-0.2, 0) is 14.4 Å². The highest BCUT2D eigenvalue weighted by molar-refractivity contribution is 7.15. The molecule has 7 rings (SSSR count). The zero-order valence-corrected chi connectivity index (χ0v) is 32.2. The molecule has 8 nitrogen and oxygen atoms in total. The van der Waals surface area contributed by atoms with Gasteiger partial charge in [-0.25, -0.2) is 9.97 Å². The van der Waals surface area contributed by atoms with E-state index in [4.69, 9.17) is 9.97 Å².